The first-order valence-electron chi connectivity index (χ1n) is 10.0. The van der Waals surface area contributed by atoms with Crippen molar-refractivity contribution in [3.63, 3.8) is 0 Å². The lowest BCUT2D eigenvalue weighted by Crippen LogP contribution is -2.32. The quantitative estimate of drug-likeness (QED) is 0.455. The minimum Gasteiger partial charge on any atom is -0.491 e. The van der Waals surface area contributed by atoms with E-state index in [1.807, 2.05) is 6.07 Å². The summed E-state index contributed by atoms with van der Waals surface area (Å²) in [6.07, 6.45) is 5.74. The van der Waals surface area contributed by atoms with Gasteiger partial charge in [0.2, 0.25) is 0 Å². The fraction of sp³-hybridized carbons (Fsp3) is 0.391. The van der Waals surface area contributed by atoms with Gasteiger partial charge < -0.3 is 14.6 Å². The summed E-state index contributed by atoms with van der Waals surface area (Å²) in [5, 5.41) is 19.1. The van der Waals surface area contributed by atoms with Gasteiger partial charge in [-0.15, -0.1) is 0 Å². The summed E-state index contributed by atoms with van der Waals surface area (Å²) in [5.74, 6) is 0.128. The highest BCUT2D eigenvalue weighted by molar-refractivity contribution is 8.00. The van der Waals surface area contributed by atoms with Crippen molar-refractivity contribution in [2.24, 2.45) is 5.41 Å². The van der Waals surface area contributed by atoms with Crippen molar-refractivity contribution < 1.29 is 14.6 Å². The van der Waals surface area contributed by atoms with Gasteiger partial charge >= 0.3 is 5.97 Å². The third kappa shape index (κ3) is 4.53. The fourth-order valence-electron chi connectivity index (χ4n) is 3.61. The van der Waals surface area contributed by atoms with Crippen molar-refractivity contribution in [1.82, 2.24) is 0 Å². The first kappa shape index (κ1) is 20.9. The third-order valence-corrected chi connectivity index (χ3v) is 7.08. The molecule has 0 radical (unpaired) electrons. The number of hydrogen-bond acceptors (Lipinski definition) is 5. The Balaban J connectivity index is 1.58. The van der Waals surface area contributed by atoms with Crippen LogP contribution in [-0.2, 0) is 0 Å². The third-order valence-electron chi connectivity index (χ3n) is 5.88. The average Bonchev–Trinajstić information content (AvgIpc) is 3.55. The van der Waals surface area contributed by atoms with Gasteiger partial charge in [0.05, 0.1) is 28.4 Å². The molecule has 4 rings (SSSR count). The summed E-state index contributed by atoms with van der Waals surface area (Å²) >= 11 is 7.59. The van der Waals surface area contributed by atoms with Crippen LogP contribution in [0.25, 0.3) is 0 Å². The van der Waals surface area contributed by atoms with Gasteiger partial charge in [0.1, 0.15) is 11.8 Å². The van der Waals surface area contributed by atoms with E-state index in [9.17, 15) is 15.2 Å². The summed E-state index contributed by atoms with van der Waals surface area (Å²) in [4.78, 5) is 12.3. The number of aromatic carboxylic acids is 1. The van der Waals surface area contributed by atoms with Crippen LogP contribution in [0.1, 0.15) is 66.4 Å². The molecule has 7 heteroatoms. The maximum atomic E-state index is 11.4. The number of anilines is 1. The van der Waals surface area contributed by atoms with Crippen LogP contribution in [0.4, 0.5) is 5.69 Å². The van der Waals surface area contributed by atoms with Crippen LogP contribution in [0.2, 0.25) is 5.02 Å². The van der Waals surface area contributed by atoms with Crippen molar-refractivity contribution in [1.29, 1.82) is 5.26 Å². The highest BCUT2D eigenvalue weighted by Gasteiger charge is 2.33. The van der Waals surface area contributed by atoms with Crippen LogP contribution < -0.4 is 9.46 Å². The molecule has 2 aliphatic rings. The Labute approximate surface area is 185 Å². The Kier molecular flexibility index (Phi) is 5.86. The molecule has 30 heavy (non-hydrogen) atoms. The highest BCUT2D eigenvalue weighted by Crippen LogP contribution is 2.46. The van der Waals surface area contributed by atoms with Crippen molar-refractivity contribution in [3.05, 3.63) is 52.0 Å². The van der Waals surface area contributed by atoms with Crippen molar-refractivity contribution in [2.45, 2.75) is 49.8 Å². The van der Waals surface area contributed by atoms with Crippen LogP contribution in [-0.4, -0.2) is 17.7 Å². The molecule has 0 atom stereocenters. The monoisotopic (exact) mass is 442 g/mol. The Morgan fingerprint density at radius 2 is 2.13 bits per heavy atom. The number of nitriles is 1. The summed E-state index contributed by atoms with van der Waals surface area (Å²) in [5.41, 5.74) is 2.61. The number of ether oxygens (including phenoxy) is 1. The van der Waals surface area contributed by atoms with Crippen LogP contribution in [0, 0.1) is 16.7 Å². The summed E-state index contributed by atoms with van der Waals surface area (Å²) in [6.45, 7) is 2.80. The molecule has 0 bridgehead atoms. The maximum absolute atomic E-state index is 11.4. The molecular weight excluding hydrogens is 420 g/mol. The van der Waals surface area contributed by atoms with Crippen molar-refractivity contribution >= 4 is 35.2 Å². The Hall–Kier alpha value is -2.36. The SMILES string of the molecule is CC1(COc2cc(Cl)c(C#N)cc2NSc2cc(C(=O)O)ccc2C2CC2)CCC1. The number of hydrogen-bond donors (Lipinski definition) is 2. The number of rotatable bonds is 8. The first-order valence-corrected chi connectivity index (χ1v) is 11.2. The van der Waals surface area contributed by atoms with E-state index in [0.717, 1.165) is 36.1 Å². The van der Waals surface area contributed by atoms with E-state index >= 15 is 0 Å². The van der Waals surface area contributed by atoms with E-state index in [4.69, 9.17) is 16.3 Å². The number of nitrogens with one attached hydrogen (secondary N) is 1. The Morgan fingerprint density at radius 1 is 1.37 bits per heavy atom. The van der Waals surface area contributed by atoms with Gasteiger partial charge in [-0.25, -0.2) is 4.79 Å². The lowest BCUT2D eigenvalue weighted by atomic mass is 9.71. The van der Waals surface area contributed by atoms with Crippen molar-refractivity contribution in [3.8, 4) is 11.8 Å². The molecule has 2 aliphatic carbocycles. The number of carbonyl (C=O) groups is 1. The molecular formula is C23H23ClN2O3S. The molecule has 0 saturated heterocycles. The van der Waals surface area contributed by atoms with E-state index in [1.165, 1.54) is 18.4 Å². The minimum atomic E-state index is -0.949. The Morgan fingerprint density at radius 3 is 2.73 bits per heavy atom. The maximum Gasteiger partial charge on any atom is 0.335 e. The van der Waals surface area contributed by atoms with Crippen molar-refractivity contribution in [2.75, 3.05) is 11.3 Å². The van der Waals surface area contributed by atoms with Crippen LogP contribution in [0.15, 0.2) is 35.2 Å². The molecule has 0 aliphatic heterocycles. The van der Waals surface area contributed by atoms with Gasteiger partial charge in [0, 0.05) is 16.4 Å². The smallest absolute Gasteiger partial charge is 0.335 e. The number of benzene rings is 2. The molecule has 0 aromatic heterocycles. The number of nitrogens with zero attached hydrogens (tertiary/aromatic N) is 1. The second-order valence-electron chi connectivity index (χ2n) is 8.43. The first-order chi connectivity index (χ1) is 14.4. The highest BCUT2D eigenvalue weighted by atomic mass is 35.5. The van der Waals surface area contributed by atoms with Crippen LogP contribution in [0.5, 0.6) is 5.75 Å². The molecule has 0 amide bonds. The Bertz CT molecular complexity index is 1030. The zero-order valence-electron chi connectivity index (χ0n) is 16.7. The van der Waals surface area contributed by atoms with Gasteiger partial charge in [0.15, 0.2) is 0 Å². The molecule has 2 fully saturated rings. The molecule has 0 spiro atoms. The van der Waals surface area contributed by atoms with Crippen LogP contribution >= 0.6 is 23.5 Å². The molecule has 5 nitrogen and oxygen atoms in total. The molecule has 2 aromatic carbocycles. The van der Waals surface area contributed by atoms with Gasteiger partial charge in [0.25, 0.3) is 0 Å². The van der Waals surface area contributed by atoms with E-state index in [1.54, 1.807) is 24.3 Å². The second-order valence-corrected chi connectivity index (χ2v) is 9.68. The van der Waals surface area contributed by atoms with Gasteiger partial charge in [-0.05, 0) is 67.3 Å². The number of carboxylic acid groups (broad SMARTS) is 1. The van der Waals surface area contributed by atoms with Crippen LogP contribution in [0.3, 0.4) is 0 Å². The standard InChI is InChI=1S/C23H23ClN2O3S/c1-23(7-2-8-23)13-29-20-11-18(24)16(12-25)9-19(20)26-30-21-10-15(22(27)28)5-6-17(21)14-3-4-14/h5-6,9-11,14,26H,2-4,7-8,13H2,1H3,(H,27,28). The lowest BCUT2D eigenvalue weighted by Gasteiger charge is -2.38. The summed E-state index contributed by atoms with van der Waals surface area (Å²) in [7, 11) is 0. The molecule has 2 aromatic rings. The largest absolute Gasteiger partial charge is 0.491 e. The normalized spacial score (nSPS) is 17.0. The van der Waals surface area contributed by atoms with E-state index in [-0.39, 0.29) is 11.0 Å². The zero-order valence-corrected chi connectivity index (χ0v) is 18.3. The molecule has 0 heterocycles. The minimum absolute atomic E-state index is 0.180. The average molecular weight is 443 g/mol. The lowest BCUT2D eigenvalue weighted by molar-refractivity contribution is 0.0696. The molecule has 2 saturated carbocycles. The molecule has 0 unspecified atom stereocenters. The topological polar surface area (TPSA) is 82.3 Å². The fourth-order valence-corrected chi connectivity index (χ4v) is 4.73. The number of halogens is 1. The van der Waals surface area contributed by atoms with E-state index in [0.29, 0.717) is 34.5 Å². The zero-order chi connectivity index (χ0) is 21.3. The van der Waals surface area contributed by atoms with E-state index < -0.39 is 5.97 Å². The van der Waals surface area contributed by atoms with Gasteiger partial charge in [-0.3, -0.25) is 0 Å². The summed E-state index contributed by atoms with van der Waals surface area (Å²) < 4.78 is 9.38. The predicted octanol–water partition coefficient (Wildman–Crippen LogP) is 6.48. The van der Waals surface area contributed by atoms with Gasteiger partial charge in [-0.1, -0.05) is 31.0 Å². The second kappa shape index (κ2) is 8.41. The van der Waals surface area contributed by atoms with E-state index in [2.05, 4.69) is 17.7 Å². The van der Waals surface area contributed by atoms with Gasteiger partial charge in [-0.2, -0.15) is 5.26 Å². The number of carboxylic acids is 1. The molecule has 156 valence electrons. The molecule has 2 N–H and O–H groups in total. The predicted molar refractivity (Wildman–Crippen MR) is 118 cm³/mol. The summed E-state index contributed by atoms with van der Waals surface area (Å²) in [6, 6.07) is 10.7.